The summed E-state index contributed by atoms with van der Waals surface area (Å²) in [4.78, 5) is 24.1. The van der Waals surface area contributed by atoms with Gasteiger partial charge in [0.15, 0.2) is 0 Å². The Hall–Kier alpha value is -2.11. The Balaban J connectivity index is 1.87. The molecule has 1 atom stereocenters. The molecule has 0 bridgehead atoms. The summed E-state index contributed by atoms with van der Waals surface area (Å²) in [7, 11) is 0. The van der Waals surface area contributed by atoms with Gasteiger partial charge in [-0.15, -0.1) is 0 Å². The number of hydrogen-bond donors (Lipinski definition) is 0. The number of rotatable bonds is 2. The van der Waals surface area contributed by atoms with E-state index in [1.54, 1.807) is 18.6 Å². The lowest BCUT2D eigenvalue weighted by molar-refractivity contribution is -0.122. The van der Waals surface area contributed by atoms with E-state index < -0.39 is 0 Å². The van der Waals surface area contributed by atoms with Crippen molar-refractivity contribution in [3.8, 4) is 11.5 Å². The molecule has 2 aromatic heterocycles. The molecular weight excluding hydrogens is 232 g/mol. The van der Waals surface area contributed by atoms with Crippen molar-refractivity contribution in [2.75, 3.05) is 0 Å². The molecule has 0 radical (unpaired) electrons. The quantitative estimate of drug-likeness (QED) is 0.800. The van der Waals surface area contributed by atoms with Crippen LogP contribution < -0.4 is 0 Å². The minimum atomic E-state index is -0.239. The normalized spacial score (nSPS) is 20.0. The van der Waals surface area contributed by atoms with E-state index >= 15 is 0 Å². The van der Waals surface area contributed by atoms with Gasteiger partial charge in [0.25, 0.3) is 0 Å². The fourth-order valence-corrected chi connectivity index (χ4v) is 2.14. The molecule has 6 heteroatoms. The first-order valence-electron chi connectivity index (χ1n) is 5.97. The molecule has 92 valence electrons. The molecule has 1 unspecified atom stereocenters. The molecular formula is C12H12N4O2. The Bertz CT molecular complexity index is 552. The van der Waals surface area contributed by atoms with Gasteiger partial charge in [-0.05, 0) is 12.8 Å². The Morgan fingerprint density at radius 2 is 2.22 bits per heavy atom. The van der Waals surface area contributed by atoms with Crippen LogP contribution in [0.15, 0.2) is 23.1 Å². The van der Waals surface area contributed by atoms with Crippen molar-refractivity contribution >= 4 is 5.78 Å². The van der Waals surface area contributed by atoms with Gasteiger partial charge in [-0.25, -0.2) is 4.98 Å². The maximum absolute atomic E-state index is 11.8. The van der Waals surface area contributed by atoms with Gasteiger partial charge in [0.2, 0.25) is 11.7 Å². The molecule has 0 N–H and O–H groups in total. The summed E-state index contributed by atoms with van der Waals surface area (Å²) < 4.78 is 5.18. The molecule has 0 spiro atoms. The summed E-state index contributed by atoms with van der Waals surface area (Å²) in [5, 5.41) is 3.86. The molecule has 1 aliphatic rings. The number of hydrogen-bond acceptors (Lipinski definition) is 6. The van der Waals surface area contributed by atoms with E-state index in [-0.39, 0.29) is 11.7 Å². The number of carbonyl (C=O) groups excluding carboxylic acids is 1. The molecule has 2 aromatic rings. The number of nitrogens with zero attached hydrogens (tertiary/aromatic N) is 4. The third-order valence-corrected chi connectivity index (χ3v) is 3.09. The predicted molar refractivity (Wildman–Crippen MR) is 61.5 cm³/mol. The van der Waals surface area contributed by atoms with E-state index in [2.05, 4.69) is 20.1 Å². The van der Waals surface area contributed by atoms with Crippen LogP contribution in [0, 0.1) is 0 Å². The summed E-state index contributed by atoms with van der Waals surface area (Å²) in [6, 6.07) is 0. The van der Waals surface area contributed by atoms with Crippen molar-refractivity contribution in [1.29, 1.82) is 0 Å². The molecule has 0 amide bonds. The zero-order valence-corrected chi connectivity index (χ0v) is 9.74. The minimum Gasteiger partial charge on any atom is -0.338 e. The van der Waals surface area contributed by atoms with Crippen molar-refractivity contribution in [1.82, 2.24) is 20.1 Å². The molecule has 1 saturated carbocycles. The lowest BCUT2D eigenvalue weighted by Gasteiger charge is -2.16. The molecule has 0 saturated heterocycles. The van der Waals surface area contributed by atoms with Gasteiger partial charge in [0, 0.05) is 18.8 Å². The smallest absolute Gasteiger partial charge is 0.237 e. The highest BCUT2D eigenvalue weighted by atomic mass is 16.5. The third-order valence-electron chi connectivity index (χ3n) is 3.09. The minimum absolute atomic E-state index is 0.190. The van der Waals surface area contributed by atoms with Crippen molar-refractivity contribution in [2.24, 2.45) is 0 Å². The lowest BCUT2D eigenvalue weighted by Crippen LogP contribution is -2.17. The van der Waals surface area contributed by atoms with Crippen molar-refractivity contribution in [3.05, 3.63) is 24.5 Å². The van der Waals surface area contributed by atoms with E-state index in [9.17, 15) is 4.79 Å². The molecule has 1 fully saturated rings. The van der Waals surface area contributed by atoms with Crippen LogP contribution >= 0.6 is 0 Å². The first-order valence-corrected chi connectivity index (χ1v) is 5.97. The second kappa shape index (κ2) is 4.64. The summed E-state index contributed by atoms with van der Waals surface area (Å²) in [6.45, 7) is 0. The van der Waals surface area contributed by atoms with Gasteiger partial charge in [-0.1, -0.05) is 11.6 Å². The van der Waals surface area contributed by atoms with Crippen LogP contribution in [0.4, 0.5) is 0 Å². The fraction of sp³-hybridized carbons (Fsp3) is 0.417. The van der Waals surface area contributed by atoms with E-state index in [1.807, 2.05) is 0 Å². The first kappa shape index (κ1) is 11.0. The third kappa shape index (κ3) is 2.01. The second-order valence-electron chi connectivity index (χ2n) is 4.31. The lowest BCUT2D eigenvalue weighted by atomic mass is 9.88. The van der Waals surface area contributed by atoms with Crippen molar-refractivity contribution in [3.63, 3.8) is 0 Å². The Kier molecular flexibility index (Phi) is 2.84. The van der Waals surface area contributed by atoms with Crippen LogP contribution in [0.25, 0.3) is 11.5 Å². The zero-order chi connectivity index (χ0) is 12.4. The molecule has 18 heavy (non-hydrogen) atoms. The Labute approximate surface area is 103 Å². The van der Waals surface area contributed by atoms with Gasteiger partial charge in [0.1, 0.15) is 11.5 Å². The van der Waals surface area contributed by atoms with E-state index in [1.165, 1.54) is 0 Å². The highest BCUT2D eigenvalue weighted by molar-refractivity contribution is 5.85. The number of ketones is 1. The second-order valence-corrected chi connectivity index (χ2v) is 4.31. The monoisotopic (exact) mass is 244 g/mol. The van der Waals surface area contributed by atoms with Crippen LogP contribution in [0.2, 0.25) is 0 Å². The highest BCUT2D eigenvalue weighted by Crippen LogP contribution is 2.29. The number of aromatic nitrogens is 4. The van der Waals surface area contributed by atoms with Gasteiger partial charge in [-0.2, -0.15) is 4.98 Å². The maximum Gasteiger partial charge on any atom is 0.237 e. The van der Waals surface area contributed by atoms with Crippen LogP contribution in [0.3, 0.4) is 0 Å². The average Bonchev–Trinajstić information content (AvgIpc) is 2.90. The Morgan fingerprint density at radius 1 is 1.28 bits per heavy atom. The largest absolute Gasteiger partial charge is 0.338 e. The molecule has 6 nitrogen and oxygen atoms in total. The van der Waals surface area contributed by atoms with Gasteiger partial charge < -0.3 is 4.52 Å². The first-order chi connectivity index (χ1) is 8.84. The predicted octanol–water partition coefficient (Wildman–Crippen LogP) is 1.75. The van der Waals surface area contributed by atoms with Crippen LogP contribution in [-0.4, -0.2) is 25.9 Å². The van der Waals surface area contributed by atoms with Gasteiger partial charge >= 0.3 is 0 Å². The summed E-state index contributed by atoms with van der Waals surface area (Å²) in [5.74, 6) is 0.740. The molecule has 2 heterocycles. The van der Waals surface area contributed by atoms with Crippen molar-refractivity contribution < 1.29 is 9.32 Å². The Morgan fingerprint density at radius 3 is 3.00 bits per heavy atom. The van der Waals surface area contributed by atoms with E-state index in [4.69, 9.17) is 4.52 Å². The zero-order valence-electron chi connectivity index (χ0n) is 9.74. The average molecular weight is 244 g/mol. The standard InChI is InChI=1S/C12H12N4O2/c17-10-4-2-1-3-8(10)12-15-11(16-18-12)9-7-13-5-6-14-9/h5-8H,1-4H2. The van der Waals surface area contributed by atoms with Crippen molar-refractivity contribution in [2.45, 2.75) is 31.6 Å². The summed E-state index contributed by atoms with van der Waals surface area (Å²) in [5.41, 5.74) is 0.552. The van der Waals surface area contributed by atoms with Gasteiger partial charge in [0.05, 0.1) is 12.1 Å². The summed E-state index contributed by atoms with van der Waals surface area (Å²) >= 11 is 0. The maximum atomic E-state index is 11.8. The van der Waals surface area contributed by atoms with E-state index in [0.29, 0.717) is 23.8 Å². The van der Waals surface area contributed by atoms with Crippen LogP contribution in [-0.2, 0) is 4.79 Å². The van der Waals surface area contributed by atoms with E-state index in [0.717, 1.165) is 19.3 Å². The molecule has 1 aliphatic carbocycles. The number of Topliss-reactive ketones (excluding diaryl/α,β-unsaturated/α-hetero) is 1. The highest BCUT2D eigenvalue weighted by Gasteiger charge is 2.29. The van der Waals surface area contributed by atoms with Crippen LogP contribution in [0.5, 0.6) is 0 Å². The topological polar surface area (TPSA) is 81.8 Å². The fourth-order valence-electron chi connectivity index (χ4n) is 2.14. The van der Waals surface area contributed by atoms with Gasteiger partial charge in [-0.3, -0.25) is 9.78 Å². The molecule has 3 rings (SSSR count). The molecule has 0 aliphatic heterocycles. The van der Waals surface area contributed by atoms with Crippen LogP contribution in [0.1, 0.15) is 37.5 Å². The summed E-state index contributed by atoms with van der Waals surface area (Å²) in [6.07, 6.45) is 8.10. The number of carbonyl (C=O) groups is 1. The molecule has 0 aromatic carbocycles. The SMILES string of the molecule is O=C1CCCCC1c1nc(-c2cnccn2)no1.